The molecule has 2 nitrogen and oxygen atoms in total. The van der Waals surface area contributed by atoms with Crippen molar-refractivity contribution < 1.29 is 4.79 Å². The van der Waals surface area contributed by atoms with E-state index in [1.54, 1.807) is 0 Å². The Balaban J connectivity index is 2.81. The largest absolute Gasteiger partial charge is 0.350 e. The molecule has 0 saturated carbocycles. The van der Waals surface area contributed by atoms with Crippen molar-refractivity contribution in [2.75, 3.05) is 0 Å². The third-order valence-electron chi connectivity index (χ3n) is 2.63. The standard InChI is InChI=1S/C13H19NO/c1-4-10(3)14-13(15)12-9-7-6-8-11(12)5-2/h6-10H,4-5H2,1-3H3,(H,14,15). The maximum atomic E-state index is 11.9. The summed E-state index contributed by atoms with van der Waals surface area (Å²) in [6.45, 7) is 6.15. The van der Waals surface area contributed by atoms with E-state index in [1.165, 1.54) is 0 Å². The number of carbonyl (C=O) groups excluding carboxylic acids is 1. The predicted molar refractivity (Wildman–Crippen MR) is 63.0 cm³/mol. The number of carbonyl (C=O) groups is 1. The molecule has 0 fully saturated rings. The van der Waals surface area contributed by atoms with Gasteiger partial charge in [-0.1, -0.05) is 32.0 Å². The van der Waals surface area contributed by atoms with E-state index in [0.717, 1.165) is 24.0 Å². The van der Waals surface area contributed by atoms with Crippen molar-refractivity contribution in [3.63, 3.8) is 0 Å². The minimum atomic E-state index is 0.0433. The van der Waals surface area contributed by atoms with E-state index < -0.39 is 0 Å². The summed E-state index contributed by atoms with van der Waals surface area (Å²) in [5.74, 6) is 0.0433. The molecule has 0 aliphatic rings. The van der Waals surface area contributed by atoms with Gasteiger partial charge in [-0.05, 0) is 31.4 Å². The number of aryl methyl sites for hydroxylation is 1. The lowest BCUT2D eigenvalue weighted by atomic mass is 10.0. The van der Waals surface area contributed by atoms with E-state index in [0.29, 0.717) is 0 Å². The molecule has 0 radical (unpaired) electrons. The second-order valence-electron chi connectivity index (χ2n) is 3.79. The SMILES string of the molecule is CCc1ccccc1C(=O)NC(C)CC. The Morgan fingerprint density at radius 1 is 1.33 bits per heavy atom. The van der Waals surface area contributed by atoms with Gasteiger partial charge in [0.1, 0.15) is 0 Å². The van der Waals surface area contributed by atoms with Gasteiger partial charge in [0.2, 0.25) is 0 Å². The Hall–Kier alpha value is -1.31. The molecule has 1 aromatic rings. The Labute approximate surface area is 91.7 Å². The summed E-state index contributed by atoms with van der Waals surface area (Å²) < 4.78 is 0. The number of hydrogen-bond acceptors (Lipinski definition) is 1. The lowest BCUT2D eigenvalue weighted by Gasteiger charge is -2.13. The molecule has 1 unspecified atom stereocenters. The molecule has 0 aliphatic heterocycles. The van der Waals surface area contributed by atoms with Crippen LogP contribution in [0, 0.1) is 0 Å². The highest BCUT2D eigenvalue weighted by Gasteiger charge is 2.10. The lowest BCUT2D eigenvalue weighted by molar-refractivity contribution is 0.0938. The van der Waals surface area contributed by atoms with Gasteiger partial charge in [-0.15, -0.1) is 0 Å². The molecule has 1 amide bonds. The number of hydrogen-bond donors (Lipinski definition) is 1. The summed E-state index contributed by atoms with van der Waals surface area (Å²) in [5.41, 5.74) is 1.92. The van der Waals surface area contributed by atoms with E-state index in [4.69, 9.17) is 0 Å². The maximum Gasteiger partial charge on any atom is 0.251 e. The molecule has 15 heavy (non-hydrogen) atoms. The highest BCUT2D eigenvalue weighted by atomic mass is 16.1. The monoisotopic (exact) mass is 205 g/mol. The molecule has 2 heteroatoms. The van der Waals surface area contributed by atoms with E-state index in [9.17, 15) is 4.79 Å². The van der Waals surface area contributed by atoms with Crippen LogP contribution >= 0.6 is 0 Å². The van der Waals surface area contributed by atoms with Crippen LogP contribution in [0.3, 0.4) is 0 Å². The van der Waals surface area contributed by atoms with Crippen LogP contribution in [-0.4, -0.2) is 11.9 Å². The van der Waals surface area contributed by atoms with Crippen molar-refractivity contribution in [2.45, 2.75) is 39.7 Å². The van der Waals surface area contributed by atoms with Crippen molar-refractivity contribution in [2.24, 2.45) is 0 Å². The molecule has 1 atom stereocenters. The summed E-state index contributed by atoms with van der Waals surface area (Å²) in [6, 6.07) is 8.01. The zero-order chi connectivity index (χ0) is 11.3. The zero-order valence-electron chi connectivity index (χ0n) is 9.71. The fourth-order valence-corrected chi connectivity index (χ4v) is 1.45. The Bertz CT molecular complexity index is 333. The van der Waals surface area contributed by atoms with E-state index in [2.05, 4.69) is 19.2 Å². The molecule has 82 valence electrons. The summed E-state index contributed by atoms with van der Waals surface area (Å²) in [4.78, 5) is 11.9. The summed E-state index contributed by atoms with van der Waals surface area (Å²) in [6.07, 6.45) is 1.85. The fraction of sp³-hybridized carbons (Fsp3) is 0.462. The van der Waals surface area contributed by atoms with Crippen molar-refractivity contribution >= 4 is 5.91 Å². The number of rotatable bonds is 4. The van der Waals surface area contributed by atoms with Crippen molar-refractivity contribution in [1.29, 1.82) is 0 Å². The molecule has 1 aromatic carbocycles. The average molecular weight is 205 g/mol. The van der Waals surface area contributed by atoms with Crippen LogP contribution in [0.25, 0.3) is 0 Å². The van der Waals surface area contributed by atoms with Crippen molar-refractivity contribution in [3.8, 4) is 0 Å². The highest BCUT2D eigenvalue weighted by Crippen LogP contribution is 2.09. The Morgan fingerprint density at radius 3 is 2.60 bits per heavy atom. The molecule has 0 spiro atoms. The van der Waals surface area contributed by atoms with E-state index in [1.807, 2.05) is 31.2 Å². The van der Waals surface area contributed by atoms with Gasteiger partial charge >= 0.3 is 0 Å². The molecule has 1 N–H and O–H groups in total. The van der Waals surface area contributed by atoms with Gasteiger partial charge in [0, 0.05) is 11.6 Å². The van der Waals surface area contributed by atoms with Crippen LogP contribution in [0.1, 0.15) is 43.1 Å². The number of benzene rings is 1. The molecule has 1 rings (SSSR count). The van der Waals surface area contributed by atoms with E-state index in [-0.39, 0.29) is 11.9 Å². The Morgan fingerprint density at radius 2 is 2.00 bits per heavy atom. The molecule has 0 bridgehead atoms. The summed E-state index contributed by atoms with van der Waals surface area (Å²) >= 11 is 0. The minimum absolute atomic E-state index is 0.0433. The highest BCUT2D eigenvalue weighted by molar-refractivity contribution is 5.95. The van der Waals surface area contributed by atoms with Crippen molar-refractivity contribution in [1.82, 2.24) is 5.32 Å². The van der Waals surface area contributed by atoms with Gasteiger partial charge in [0.15, 0.2) is 0 Å². The van der Waals surface area contributed by atoms with Gasteiger partial charge < -0.3 is 5.32 Å². The normalized spacial score (nSPS) is 12.2. The topological polar surface area (TPSA) is 29.1 Å². The molecule has 0 aliphatic carbocycles. The van der Waals surface area contributed by atoms with Gasteiger partial charge in [-0.25, -0.2) is 0 Å². The second-order valence-corrected chi connectivity index (χ2v) is 3.79. The first-order chi connectivity index (χ1) is 7.19. The van der Waals surface area contributed by atoms with Crippen LogP contribution in [0.2, 0.25) is 0 Å². The first-order valence-electron chi connectivity index (χ1n) is 5.57. The van der Waals surface area contributed by atoms with Gasteiger partial charge in [-0.3, -0.25) is 4.79 Å². The maximum absolute atomic E-state index is 11.9. The Kier molecular flexibility index (Phi) is 4.35. The number of amides is 1. The number of nitrogens with one attached hydrogen (secondary N) is 1. The lowest BCUT2D eigenvalue weighted by Crippen LogP contribution is -2.32. The van der Waals surface area contributed by atoms with Crippen LogP contribution in [0.5, 0.6) is 0 Å². The summed E-state index contributed by atoms with van der Waals surface area (Å²) in [5, 5.41) is 2.98. The van der Waals surface area contributed by atoms with Crippen LogP contribution < -0.4 is 5.32 Å². The van der Waals surface area contributed by atoms with E-state index >= 15 is 0 Å². The van der Waals surface area contributed by atoms with Crippen molar-refractivity contribution in [3.05, 3.63) is 35.4 Å². The van der Waals surface area contributed by atoms with Gasteiger partial charge in [-0.2, -0.15) is 0 Å². The van der Waals surface area contributed by atoms with Crippen LogP contribution in [0.15, 0.2) is 24.3 Å². The second kappa shape index (κ2) is 5.54. The predicted octanol–water partition coefficient (Wildman–Crippen LogP) is 2.78. The first kappa shape index (κ1) is 11.8. The van der Waals surface area contributed by atoms with Crippen LogP contribution in [-0.2, 0) is 6.42 Å². The first-order valence-corrected chi connectivity index (χ1v) is 5.57. The zero-order valence-corrected chi connectivity index (χ0v) is 9.71. The molecule has 0 aromatic heterocycles. The molecule has 0 saturated heterocycles. The summed E-state index contributed by atoms with van der Waals surface area (Å²) in [7, 11) is 0. The van der Waals surface area contributed by atoms with Gasteiger partial charge in [0.25, 0.3) is 5.91 Å². The fourth-order valence-electron chi connectivity index (χ4n) is 1.45. The third-order valence-corrected chi connectivity index (χ3v) is 2.63. The quantitative estimate of drug-likeness (QED) is 0.804. The molecule has 0 heterocycles. The minimum Gasteiger partial charge on any atom is -0.350 e. The average Bonchev–Trinajstić information content (AvgIpc) is 2.28. The smallest absolute Gasteiger partial charge is 0.251 e. The molecular weight excluding hydrogens is 186 g/mol. The van der Waals surface area contributed by atoms with Crippen LogP contribution in [0.4, 0.5) is 0 Å². The molecular formula is C13H19NO. The third kappa shape index (κ3) is 3.08. The van der Waals surface area contributed by atoms with Gasteiger partial charge in [0.05, 0.1) is 0 Å².